The van der Waals surface area contributed by atoms with E-state index < -0.39 is 18.0 Å². The third kappa shape index (κ3) is 25.0. The fraction of sp³-hybridized carbons (Fsp3) is 0.905. The molecule has 15 nitrogen and oxygen atoms in total. The molecule has 0 aromatic rings. The molecule has 0 heterocycles. The molecule has 0 saturated carbocycles. The molecule has 0 aliphatic heterocycles. The minimum absolute atomic E-state index is 0.0160. The summed E-state index contributed by atoms with van der Waals surface area (Å²) in [6.45, 7) is 9.33. The average Bonchev–Trinajstić information content (AvgIpc) is 2.86. The zero-order valence-corrected chi connectivity index (χ0v) is 21.1. The highest BCUT2D eigenvalue weighted by Crippen LogP contribution is 1.91. The van der Waals surface area contributed by atoms with Gasteiger partial charge >= 0.3 is 0 Å². The summed E-state index contributed by atoms with van der Waals surface area (Å²) >= 11 is 0. The van der Waals surface area contributed by atoms with E-state index in [0.717, 1.165) is 0 Å². The monoisotopic (exact) mass is 523 g/mol. The minimum Gasteiger partial charge on any atom is -0.379 e. The van der Waals surface area contributed by atoms with Crippen LogP contribution in [0.3, 0.4) is 0 Å². The number of hydrogen-bond acceptors (Lipinski definition) is 11. The number of ether oxygens (including phenoxy) is 8. The second kappa shape index (κ2) is 27.5. The Hall–Kier alpha value is -2.07. The van der Waals surface area contributed by atoms with Crippen molar-refractivity contribution in [1.82, 2.24) is 5.32 Å². The van der Waals surface area contributed by atoms with Crippen molar-refractivity contribution in [2.24, 2.45) is 10.8 Å². The molecule has 0 aliphatic carbocycles. The van der Waals surface area contributed by atoms with Gasteiger partial charge in [0.15, 0.2) is 6.17 Å². The van der Waals surface area contributed by atoms with Crippen LogP contribution in [-0.4, -0.2) is 124 Å². The van der Waals surface area contributed by atoms with Crippen molar-refractivity contribution < 1.29 is 47.5 Å². The first-order chi connectivity index (χ1) is 17.6. The number of rotatable bonds is 28. The number of carbonyl (C=O) groups is 2. The summed E-state index contributed by atoms with van der Waals surface area (Å²) in [5.74, 6) is -1.46. The fourth-order valence-corrected chi connectivity index (χ4v) is 2.28. The lowest BCUT2D eigenvalue weighted by Crippen LogP contribution is -2.43. The number of nitrogens with two attached hydrogens (primary N) is 1. The molecule has 0 saturated heterocycles. The first-order valence-corrected chi connectivity index (χ1v) is 11.9. The lowest BCUT2D eigenvalue weighted by Gasteiger charge is -2.10. The van der Waals surface area contributed by atoms with E-state index in [1.54, 1.807) is 0 Å². The summed E-state index contributed by atoms with van der Waals surface area (Å²) < 4.78 is 42.7. The van der Waals surface area contributed by atoms with E-state index in [-0.39, 0.29) is 13.0 Å². The van der Waals surface area contributed by atoms with Crippen LogP contribution in [0.15, 0.2) is 5.11 Å². The Labute approximate surface area is 211 Å². The van der Waals surface area contributed by atoms with Crippen LogP contribution in [0.4, 0.5) is 0 Å². The number of nitrogens with zero attached hydrogens (tertiary/aromatic N) is 3. The third-order valence-electron chi connectivity index (χ3n) is 4.02. The van der Waals surface area contributed by atoms with E-state index in [0.29, 0.717) is 99.1 Å². The Morgan fingerprint density at radius 3 is 1.33 bits per heavy atom. The van der Waals surface area contributed by atoms with Gasteiger partial charge in [-0.3, -0.25) is 9.59 Å². The molecule has 0 unspecified atom stereocenters. The van der Waals surface area contributed by atoms with Crippen LogP contribution in [0.1, 0.15) is 13.3 Å². The van der Waals surface area contributed by atoms with E-state index in [1.807, 2.05) is 6.92 Å². The summed E-state index contributed by atoms with van der Waals surface area (Å²) in [4.78, 5) is 25.0. The van der Waals surface area contributed by atoms with Gasteiger partial charge in [-0.05, 0) is 12.5 Å². The Morgan fingerprint density at radius 1 is 0.694 bits per heavy atom. The molecule has 0 radical (unpaired) electrons. The van der Waals surface area contributed by atoms with Crippen LogP contribution >= 0.6 is 0 Å². The SMILES string of the molecule is CCOCCOCCOCCOCCOCCOCCOCCOCCC(=O)N[C@@H](N=[N+]=[N-])C(N)=O. The van der Waals surface area contributed by atoms with Crippen molar-refractivity contribution in [3.63, 3.8) is 0 Å². The maximum Gasteiger partial charge on any atom is 0.246 e. The molecule has 0 fully saturated rings. The lowest BCUT2D eigenvalue weighted by molar-refractivity contribution is -0.128. The van der Waals surface area contributed by atoms with E-state index in [2.05, 4.69) is 15.3 Å². The van der Waals surface area contributed by atoms with Gasteiger partial charge in [-0.1, -0.05) is 5.11 Å². The molecule has 0 aromatic heterocycles. The molecule has 0 bridgehead atoms. The van der Waals surface area contributed by atoms with E-state index >= 15 is 0 Å². The summed E-state index contributed by atoms with van der Waals surface area (Å²) in [6.07, 6.45) is -1.43. The predicted octanol–water partition coefficient (Wildman–Crippen LogP) is -0.233. The topological polar surface area (TPSA) is 195 Å². The van der Waals surface area contributed by atoms with Gasteiger partial charge in [0.1, 0.15) is 0 Å². The number of nitrogens with one attached hydrogen (secondary N) is 1. The molecule has 1 atom stereocenters. The van der Waals surface area contributed by atoms with Gasteiger partial charge in [-0.2, -0.15) is 0 Å². The Balaban J connectivity index is 3.23. The zero-order chi connectivity index (χ0) is 26.5. The van der Waals surface area contributed by atoms with Crippen molar-refractivity contribution in [3.8, 4) is 0 Å². The van der Waals surface area contributed by atoms with Gasteiger partial charge in [0.25, 0.3) is 0 Å². The van der Waals surface area contributed by atoms with Crippen LogP contribution < -0.4 is 11.1 Å². The molecule has 0 aromatic carbocycles. The second-order valence-electron chi connectivity index (χ2n) is 6.81. The van der Waals surface area contributed by atoms with Crippen molar-refractivity contribution in [3.05, 3.63) is 10.4 Å². The first-order valence-electron chi connectivity index (χ1n) is 11.9. The minimum atomic E-state index is -1.41. The Bertz CT molecular complexity index is 579. The third-order valence-corrected chi connectivity index (χ3v) is 4.02. The van der Waals surface area contributed by atoms with Gasteiger partial charge in [-0.15, -0.1) is 0 Å². The van der Waals surface area contributed by atoms with Gasteiger partial charge in [0, 0.05) is 17.9 Å². The van der Waals surface area contributed by atoms with Crippen LogP contribution in [0.25, 0.3) is 10.4 Å². The first kappa shape index (κ1) is 33.9. The second-order valence-corrected chi connectivity index (χ2v) is 6.81. The van der Waals surface area contributed by atoms with Crippen LogP contribution in [0.2, 0.25) is 0 Å². The number of primary amides is 1. The molecule has 2 amide bonds. The highest BCUT2D eigenvalue weighted by molar-refractivity contribution is 5.86. The molecule has 3 N–H and O–H groups in total. The van der Waals surface area contributed by atoms with Crippen molar-refractivity contribution in [1.29, 1.82) is 0 Å². The standard InChI is InChI=1S/C21H41N5O10/c1-2-29-5-6-31-9-10-33-13-14-35-17-18-36-16-15-34-12-11-32-8-7-30-4-3-19(27)24-21(20(22)28)25-26-23/h21H,2-18H2,1H3,(H2,22,28)(H,24,27)/t21-/m0/s1. The van der Waals surface area contributed by atoms with Gasteiger partial charge in [0.05, 0.1) is 99.1 Å². The largest absolute Gasteiger partial charge is 0.379 e. The number of azide groups is 1. The van der Waals surface area contributed by atoms with E-state index in [4.69, 9.17) is 49.2 Å². The normalized spacial score (nSPS) is 11.7. The molecule has 0 spiro atoms. The molecular weight excluding hydrogens is 482 g/mol. The quantitative estimate of drug-likeness (QED) is 0.0598. The maximum atomic E-state index is 11.6. The Morgan fingerprint density at radius 2 is 1.03 bits per heavy atom. The molecule has 0 aliphatic rings. The van der Waals surface area contributed by atoms with Gasteiger partial charge < -0.3 is 48.9 Å². The zero-order valence-electron chi connectivity index (χ0n) is 21.1. The van der Waals surface area contributed by atoms with E-state index in [1.165, 1.54) is 0 Å². The molecular formula is C21H41N5O10. The predicted molar refractivity (Wildman–Crippen MR) is 127 cm³/mol. The molecule has 15 heteroatoms. The van der Waals surface area contributed by atoms with Crippen LogP contribution in [0.5, 0.6) is 0 Å². The van der Waals surface area contributed by atoms with Gasteiger partial charge in [0.2, 0.25) is 11.8 Å². The van der Waals surface area contributed by atoms with Gasteiger partial charge in [-0.25, -0.2) is 0 Å². The molecule has 36 heavy (non-hydrogen) atoms. The summed E-state index contributed by atoms with van der Waals surface area (Å²) in [5.41, 5.74) is 13.3. The van der Waals surface area contributed by atoms with Crippen molar-refractivity contribution in [2.45, 2.75) is 19.5 Å². The lowest BCUT2D eigenvalue weighted by atomic mass is 10.4. The van der Waals surface area contributed by atoms with Crippen LogP contribution in [-0.2, 0) is 47.5 Å². The summed E-state index contributed by atoms with van der Waals surface area (Å²) in [6, 6.07) is 0. The molecule has 210 valence electrons. The number of hydrogen-bond donors (Lipinski definition) is 2. The summed E-state index contributed by atoms with van der Waals surface area (Å²) in [7, 11) is 0. The Kier molecular flexibility index (Phi) is 25.9. The molecule has 0 rings (SSSR count). The highest BCUT2D eigenvalue weighted by Gasteiger charge is 2.15. The summed E-state index contributed by atoms with van der Waals surface area (Å²) in [5, 5.41) is 5.28. The van der Waals surface area contributed by atoms with E-state index in [9.17, 15) is 9.59 Å². The van der Waals surface area contributed by atoms with Crippen molar-refractivity contribution in [2.75, 3.05) is 106 Å². The highest BCUT2D eigenvalue weighted by atomic mass is 16.6. The van der Waals surface area contributed by atoms with Crippen LogP contribution in [0, 0.1) is 0 Å². The maximum absolute atomic E-state index is 11.6. The number of amides is 2. The van der Waals surface area contributed by atoms with Crippen molar-refractivity contribution >= 4 is 11.8 Å². The smallest absolute Gasteiger partial charge is 0.246 e. The fourth-order valence-electron chi connectivity index (χ4n) is 2.28. The average molecular weight is 524 g/mol. The number of carbonyl (C=O) groups excluding carboxylic acids is 2.